The van der Waals surface area contributed by atoms with Crippen LogP contribution in [0.1, 0.15) is 43.7 Å². The van der Waals surface area contributed by atoms with E-state index in [1.54, 1.807) is 7.11 Å². The lowest BCUT2D eigenvalue weighted by molar-refractivity contribution is 0.103. The zero-order valence-electron chi connectivity index (χ0n) is 14.4. The number of ether oxygens (including phenoxy) is 1. The Bertz CT molecular complexity index is 472. The number of hydrogen-bond acceptors (Lipinski definition) is 4. The van der Waals surface area contributed by atoms with Crippen LogP contribution in [0.4, 0.5) is 0 Å². The van der Waals surface area contributed by atoms with E-state index in [0.717, 1.165) is 26.2 Å². The molecule has 2 N–H and O–H groups in total. The number of piperazine rings is 1. The molecule has 0 amide bonds. The Balaban J connectivity index is 0.00000144. The molecule has 1 aliphatic heterocycles. The quantitative estimate of drug-likeness (QED) is 0.839. The fraction of sp³-hybridized carbons (Fsp3) is 0.667. The molecule has 0 unspecified atom stereocenters. The zero-order valence-corrected chi connectivity index (χ0v) is 16.0. The number of rotatable bonds is 4. The highest BCUT2D eigenvalue weighted by atomic mass is 35.5. The predicted molar refractivity (Wildman–Crippen MR) is 103 cm³/mol. The number of halogens is 2. The Morgan fingerprint density at radius 2 is 1.79 bits per heavy atom. The molecule has 138 valence electrons. The third kappa shape index (κ3) is 4.92. The van der Waals surface area contributed by atoms with Crippen molar-refractivity contribution in [2.24, 2.45) is 5.92 Å². The molecular formula is C18H30Cl2N2O2. The van der Waals surface area contributed by atoms with Crippen LogP contribution in [0.3, 0.4) is 0 Å². The van der Waals surface area contributed by atoms with E-state index in [-0.39, 0.29) is 30.6 Å². The molecular weight excluding hydrogens is 347 g/mol. The van der Waals surface area contributed by atoms with E-state index in [2.05, 4.69) is 16.3 Å². The van der Waals surface area contributed by atoms with Gasteiger partial charge in [0.25, 0.3) is 0 Å². The normalized spacial score (nSPS) is 20.5. The van der Waals surface area contributed by atoms with Gasteiger partial charge in [0.05, 0.1) is 7.11 Å². The predicted octanol–water partition coefficient (Wildman–Crippen LogP) is 3.77. The molecule has 1 saturated carbocycles. The third-order valence-corrected chi connectivity index (χ3v) is 5.19. The molecule has 1 saturated heterocycles. The minimum absolute atomic E-state index is 0. The SMILES string of the molecule is COc1ccc([C@@H](C2CCCCC2)N2CCNCC2)cc1O.Cl.Cl. The van der Waals surface area contributed by atoms with Crippen LogP contribution in [0.2, 0.25) is 0 Å². The van der Waals surface area contributed by atoms with Gasteiger partial charge >= 0.3 is 0 Å². The molecule has 2 fully saturated rings. The van der Waals surface area contributed by atoms with Gasteiger partial charge in [-0.3, -0.25) is 4.90 Å². The van der Waals surface area contributed by atoms with E-state index in [1.807, 2.05) is 12.1 Å². The lowest BCUT2D eigenvalue weighted by Gasteiger charge is -2.41. The summed E-state index contributed by atoms with van der Waals surface area (Å²) >= 11 is 0. The van der Waals surface area contributed by atoms with Crippen LogP contribution < -0.4 is 10.1 Å². The second-order valence-corrected chi connectivity index (χ2v) is 6.56. The standard InChI is InChI=1S/C18H28N2O2.2ClH/c1-22-17-8-7-15(13-16(17)21)18(14-5-3-2-4-6-14)20-11-9-19-10-12-20;;/h7-8,13-14,18-19,21H,2-6,9-12H2,1H3;2*1H/t18-;;/m1../s1. The van der Waals surface area contributed by atoms with E-state index in [0.29, 0.717) is 17.7 Å². The minimum Gasteiger partial charge on any atom is -0.504 e. The summed E-state index contributed by atoms with van der Waals surface area (Å²) in [7, 11) is 1.60. The van der Waals surface area contributed by atoms with E-state index >= 15 is 0 Å². The number of hydrogen-bond donors (Lipinski definition) is 2. The van der Waals surface area contributed by atoms with E-state index < -0.39 is 0 Å². The summed E-state index contributed by atoms with van der Waals surface area (Å²) in [5.41, 5.74) is 1.24. The zero-order chi connectivity index (χ0) is 15.4. The second kappa shape index (κ2) is 10.3. The van der Waals surface area contributed by atoms with Gasteiger partial charge in [0, 0.05) is 32.2 Å². The van der Waals surface area contributed by atoms with Crippen molar-refractivity contribution in [2.75, 3.05) is 33.3 Å². The van der Waals surface area contributed by atoms with Crippen LogP contribution in [0.25, 0.3) is 0 Å². The summed E-state index contributed by atoms with van der Waals surface area (Å²) in [4.78, 5) is 2.60. The topological polar surface area (TPSA) is 44.7 Å². The lowest BCUT2D eigenvalue weighted by atomic mass is 9.80. The number of nitrogens with zero attached hydrogens (tertiary/aromatic N) is 1. The lowest BCUT2D eigenvalue weighted by Crippen LogP contribution is -2.47. The summed E-state index contributed by atoms with van der Waals surface area (Å²) in [5, 5.41) is 13.6. The molecule has 0 spiro atoms. The maximum Gasteiger partial charge on any atom is 0.160 e. The summed E-state index contributed by atoms with van der Waals surface area (Å²) in [6, 6.07) is 6.39. The fourth-order valence-corrected chi connectivity index (χ4v) is 4.08. The molecule has 2 aliphatic rings. The van der Waals surface area contributed by atoms with Gasteiger partial charge in [0.2, 0.25) is 0 Å². The summed E-state index contributed by atoms with van der Waals surface area (Å²) in [5.74, 6) is 1.53. The highest BCUT2D eigenvalue weighted by molar-refractivity contribution is 5.85. The average Bonchev–Trinajstić information content (AvgIpc) is 2.57. The van der Waals surface area contributed by atoms with Gasteiger partial charge in [-0.25, -0.2) is 0 Å². The van der Waals surface area contributed by atoms with Crippen molar-refractivity contribution in [1.82, 2.24) is 10.2 Å². The van der Waals surface area contributed by atoms with Crippen molar-refractivity contribution in [3.8, 4) is 11.5 Å². The van der Waals surface area contributed by atoms with Crippen molar-refractivity contribution in [3.05, 3.63) is 23.8 Å². The van der Waals surface area contributed by atoms with Crippen LogP contribution in [0.15, 0.2) is 18.2 Å². The van der Waals surface area contributed by atoms with Gasteiger partial charge in [-0.15, -0.1) is 24.8 Å². The van der Waals surface area contributed by atoms with Gasteiger partial charge in [0.1, 0.15) is 0 Å². The van der Waals surface area contributed by atoms with Gasteiger partial charge in [-0.1, -0.05) is 25.3 Å². The average molecular weight is 377 g/mol. The number of phenols is 1. The van der Waals surface area contributed by atoms with Crippen molar-refractivity contribution in [1.29, 1.82) is 0 Å². The largest absolute Gasteiger partial charge is 0.504 e. The molecule has 0 aromatic heterocycles. The maximum absolute atomic E-state index is 10.2. The van der Waals surface area contributed by atoms with Crippen LogP contribution in [0, 0.1) is 5.92 Å². The number of nitrogens with one attached hydrogen (secondary N) is 1. The smallest absolute Gasteiger partial charge is 0.160 e. The first-order valence-electron chi connectivity index (χ1n) is 8.61. The molecule has 1 aliphatic carbocycles. The molecule has 4 nitrogen and oxygen atoms in total. The first kappa shape index (κ1) is 21.4. The molecule has 24 heavy (non-hydrogen) atoms. The third-order valence-electron chi connectivity index (χ3n) is 5.19. The van der Waals surface area contributed by atoms with Crippen LogP contribution in [-0.4, -0.2) is 43.3 Å². The summed E-state index contributed by atoms with van der Waals surface area (Å²) < 4.78 is 5.20. The molecule has 3 rings (SSSR count). The Labute approximate surface area is 157 Å². The van der Waals surface area contributed by atoms with Gasteiger partial charge in [-0.2, -0.15) is 0 Å². The first-order valence-corrected chi connectivity index (χ1v) is 8.61. The van der Waals surface area contributed by atoms with Crippen molar-refractivity contribution >= 4 is 24.8 Å². The van der Waals surface area contributed by atoms with Crippen LogP contribution in [0.5, 0.6) is 11.5 Å². The Morgan fingerprint density at radius 1 is 1.12 bits per heavy atom. The number of aromatic hydroxyl groups is 1. The molecule has 1 heterocycles. The fourth-order valence-electron chi connectivity index (χ4n) is 4.08. The molecule has 6 heteroatoms. The maximum atomic E-state index is 10.2. The van der Waals surface area contributed by atoms with Crippen molar-refractivity contribution < 1.29 is 9.84 Å². The minimum atomic E-state index is 0. The molecule has 1 aromatic carbocycles. The van der Waals surface area contributed by atoms with Gasteiger partial charge in [-0.05, 0) is 36.5 Å². The molecule has 0 bridgehead atoms. The van der Waals surface area contributed by atoms with E-state index in [4.69, 9.17) is 4.74 Å². The Kier molecular flexibility index (Phi) is 9.21. The van der Waals surface area contributed by atoms with Gasteiger partial charge < -0.3 is 15.2 Å². The van der Waals surface area contributed by atoms with Crippen molar-refractivity contribution in [2.45, 2.75) is 38.1 Å². The van der Waals surface area contributed by atoms with Crippen molar-refractivity contribution in [3.63, 3.8) is 0 Å². The second-order valence-electron chi connectivity index (χ2n) is 6.56. The molecule has 1 aromatic rings. The monoisotopic (exact) mass is 376 g/mol. The van der Waals surface area contributed by atoms with Crippen LogP contribution in [-0.2, 0) is 0 Å². The van der Waals surface area contributed by atoms with E-state index in [9.17, 15) is 5.11 Å². The Hall–Kier alpha value is -0.680. The molecule has 0 radical (unpaired) electrons. The van der Waals surface area contributed by atoms with Gasteiger partial charge in [0.15, 0.2) is 11.5 Å². The Morgan fingerprint density at radius 3 is 2.38 bits per heavy atom. The highest BCUT2D eigenvalue weighted by Crippen LogP contribution is 2.40. The van der Waals surface area contributed by atoms with Crippen LogP contribution >= 0.6 is 24.8 Å². The number of benzene rings is 1. The summed E-state index contributed by atoms with van der Waals surface area (Å²) in [6.45, 7) is 4.30. The molecule has 1 atom stereocenters. The number of methoxy groups -OCH3 is 1. The number of phenolic OH excluding ortho intramolecular Hbond substituents is 1. The highest BCUT2D eigenvalue weighted by Gasteiger charge is 2.31. The van der Waals surface area contributed by atoms with E-state index in [1.165, 1.54) is 37.7 Å². The first-order chi connectivity index (χ1) is 10.8. The summed E-state index contributed by atoms with van der Waals surface area (Å²) in [6.07, 6.45) is 6.67.